The molecule has 5 nitrogen and oxygen atoms in total. The summed E-state index contributed by atoms with van der Waals surface area (Å²) in [7, 11) is 1.84. The zero-order valence-electron chi connectivity index (χ0n) is 11.6. The molecule has 0 spiro atoms. The molecule has 1 saturated heterocycles. The minimum Gasteiger partial charge on any atom is -0.369 e. The molecule has 0 bridgehead atoms. The lowest BCUT2D eigenvalue weighted by atomic mass is 10.1. The number of nitro benzene ring substituents is 1. The summed E-state index contributed by atoms with van der Waals surface area (Å²) < 4.78 is 28.5. The predicted octanol–water partition coefficient (Wildman–Crippen LogP) is 3.32. The Morgan fingerprint density at radius 1 is 1.29 bits per heavy atom. The highest BCUT2D eigenvalue weighted by Gasteiger charge is 2.35. The molecule has 0 unspecified atom stereocenters. The molecule has 2 aromatic rings. The number of non-ortho nitro benzene ring substituents is 1. The van der Waals surface area contributed by atoms with Crippen molar-refractivity contribution in [1.82, 2.24) is 4.57 Å². The van der Waals surface area contributed by atoms with E-state index in [1.807, 2.05) is 22.7 Å². The number of aryl methyl sites for hydroxylation is 1. The minimum atomic E-state index is -2.63. The van der Waals surface area contributed by atoms with Crippen LogP contribution in [0.2, 0.25) is 0 Å². The van der Waals surface area contributed by atoms with Crippen LogP contribution in [0.5, 0.6) is 0 Å². The molecule has 1 aromatic carbocycles. The van der Waals surface area contributed by atoms with Crippen molar-refractivity contribution in [2.24, 2.45) is 7.05 Å². The van der Waals surface area contributed by atoms with Gasteiger partial charge in [0, 0.05) is 56.7 Å². The highest BCUT2D eigenvalue weighted by Crippen LogP contribution is 2.36. The second-order valence-electron chi connectivity index (χ2n) is 5.43. The number of anilines is 1. The number of benzene rings is 1. The van der Waals surface area contributed by atoms with Crippen LogP contribution in [0.4, 0.5) is 20.2 Å². The number of nitro groups is 1. The van der Waals surface area contributed by atoms with Gasteiger partial charge in [0.15, 0.2) is 0 Å². The SMILES string of the molecule is Cn1ccc2cc([N+](=O)[O-])cc(N3CCC(F)(F)CC3)c21. The van der Waals surface area contributed by atoms with E-state index < -0.39 is 10.8 Å². The predicted molar refractivity (Wildman–Crippen MR) is 76.0 cm³/mol. The van der Waals surface area contributed by atoms with Gasteiger partial charge < -0.3 is 9.47 Å². The molecule has 0 N–H and O–H groups in total. The van der Waals surface area contributed by atoms with E-state index in [4.69, 9.17) is 0 Å². The van der Waals surface area contributed by atoms with Gasteiger partial charge in [-0.3, -0.25) is 10.1 Å². The van der Waals surface area contributed by atoms with E-state index in [9.17, 15) is 18.9 Å². The van der Waals surface area contributed by atoms with Crippen LogP contribution in [0.15, 0.2) is 24.4 Å². The third kappa shape index (κ3) is 2.43. The summed E-state index contributed by atoms with van der Waals surface area (Å²) in [4.78, 5) is 12.4. The van der Waals surface area contributed by atoms with Crippen LogP contribution in [0.1, 0.15) is 12.8 Å². The first kappa shape index (κ1) is 13.8. The van der Waals surface area contributed by atoms with E-state index in [0.29, 0.717) is 5.69 Å². The smallest absolute Gasteiger partial charge is 0.272 e. The summed E-state index contributed by atoms with van der Waals surface area (Å²) >= 11 is 0. The molecular formula is C14H15F2N3O2. The van der Waals surface area contributed by atoms with Crippen molar-refractivity contribution in [3.05, 3.63) is 34.5 Å². The van der Waals surface area contributed by atoms with Crippen molar-refractivity contribution < 1.29 is 13.7 Å². The first-order chi connectivity index (χ1) is 9.87. The van der Waals surface area contributed by atoms with Gasteiger partial charge in [-0.15, -0.1) is 0 Å². The van der Waals surface area contributed by atoms with Gasteiger partial charge in [0.05, 0.1) is 16.1 Å². The van der Waals surface area contributed by atoms with E-state index in [0.717, 1.165) is 10.9 Å². The molecule has 0 atom stereocenters. The molecule has 1 aliphatic rings. The molecular weight excluding hydrogens is 280 g/mol. The molecule has 0 radical (unpaired) electrons. The van der Waals surface area contributed by atoms with Crippen molar-refractivity contribution >= 4 is 22.3 Å². The van der Waals surface area contributed by atoms with Gasteiger partial charge in [-0.05, 0) is 6.07 Å². The Balaban J connectivity index is 2.08. The van der Waals surface area contributed by atoms with Crippen LogP contribution >= 0.6 is 0 Å². The van der Waals surface area contributed by atoms with Crippen LogP contribution in [-0.4, -0.2) is 28.5 Å². The van der Waals surface area contributed by atoms with E-state index in [2.05, 4.69) is 0 Å². The Bertz CT molecular complexity index is 702. The maximum Gasteiger partial charge on any atom is 0.272 e. The van der Waals surface area contributed by atoms with Gasteiger partial charge in [-0.2, -0.15) is 0 Å². The lowest BCUT2D eigenvalue weighted by Crippen LogP contribution is -2.39. The fourth-order valence-corrected chi connectivity index (χ4v) is 2.82. The minimum absolute atomic E-state index is 0.0129. The van der Waals surface area contributed by atoms with Crippen LogP contribution < -0.4 is 4.90 Å². The zero-order chi connectivity index (χ0) is 15.2. The summed E-state index contributed by atoms with van der Waals surface area (Å²) in [6.07, 6.45) is 1.37. The number of aromatic nitrogens is 1. The fourth-order valence-electron chi connectivity index (χ4n) is 2.82. The molecule has 0 saturated carbocycles. The summed E-state index contributed by atoms with van der Waals surface area (Å²) in [5.41, 5.74) is 1.48. The quantitative estimate of drug-likeness (QED) is 0.631. The standard InChI is InChI=1S/C14H15F2N3O2/c1-17-5-2-10-8-11(19(20)21)9-12(13(10)17)18-6-3-14(15,16)4-7-18/h2,5,8-9H,3-4,6-7H2,1H3. The normalized spacial score (nSPS) is 18.1. The van der Waals surface area contributed by atoms with Crippen molar-refractivity contribution in [2.75, 3.05) is 18.0 Å². The summed E-state index contributed by atoms with van der Waals surface area (Å²) in [5.74, 6) is -2.63. The van der Waals surface area contributed by atoms with Crippen LogP contribution in [-0.2, 0) is 7.05 Å². The average molecular weight is 295 g/mol. The Hall–Kier alpha value is -2.18. The van der Waals surface area contributed by atoms with Gasteiger partial charge in [0.2, 0.25) is 0 Å². The summed E-state index contributed by atoms with van der Waals surface area (Å²) in [6.45, 7) is 0.406. The number of nitrogens with zero attached hydrogens (tertiary/aromatic N) is 3. The molecule has 0 aliphatic carbocycles. The van der Waals surface area contributed by atoms with Gasteiger partial charge >= 0.3 is 0 Å². The molecule has 112 valence electrons. The van der Waals surface area contributed by atoms with E-state index >= 15 is 0 Å². The van der Waals surface area contributed by atoms with Crippen LogP contribution in [0, 0.1) is 10.1 Å². The van der Waals surface area contributed by atoms with Crippen molar-refractivity contribution in [3.8, 4) is 0 Å². The van der Waals surface area contributed by atoms with E-state index in [1.165, 1.54) is 12.1 Å². The highest BCUT2D eigenvalue weighted by atomic mass is 19.3. The lowest BCUT2D eigenvalue weighted by Gasteiger charge is -2.33. The third-order valence-corrected chi connectivity index (χ3v) is 3.98. The maximum atomic E-state index is 13.3. The molecule has 0 amide bonds. The van der Waals surface area contributed by atoms with E-state index in [1.54, 1.807) is 6.07 Å². The Morgan fingerprint density at radius 3 is 2.57 bits per heavy atom. The number of piperidine rings is 1. The second-order valence-corrected chi connectivity index (χ2v) is 5.43. The number of rotatable bonds is 2. The number of hydrogen-bond acceptors (Lipinski definition) is 3. The number of halogens is 2. The van der Waals surface area contributed by atoms with Gasteiger partial charge in [0.25, 0.3) is 11.6 Å². The Morgan fingerprint density at radius 2 is 1.95 bits per heavy atom. The topological polar surface area (TPSA) is 51.3 Å². The highest BCUT2D eigenvalue weighted by molar-refractivity contribution is 5.94. The number of hydrogen-bond donors (Lipinski definition) is 0. The molecule has 1 aromatic heterocycles. The molecule has 21 heavy (non-hydrogen) atoms. The molecule has 1 fully saturated rings. The lowest BCUT2D eigenvalue weighted by molar-refractivity contribution is -0.384. The molecule has 1 aliphatic heterocycles. The van der Waals surface area contributed by atoms with Crippen LogP contribution in [0.3, 0.4) is 0 Å². The van der Waals surface area contributed by atoms with Crippen LogP contribution in [0.25, 0.3) is 10.9 Å². The number of alkyl halides is 2. The zero-order valence-corrected chi connectivity index (χ0v) is 11.6. The van der Waals surface area contributed by atoms with Crippen molar-refractivity contribution in [3.63, 3.8) is 0 Å². The van der Waals surface area contributed by atoms with Crippen molar-refractivity contribution in [1.29, 1.82) is 0 Å². The molecule has 3 rings (SSSR count). The number of fused-ring (bicyclic) bond motifs is 1. The molecule has 7 heteroatoms. The van der Waals surface area contributed by atoms with Gasteiger partial charge in [-0.25, -0.2) is 8.78 Å². The fraction of sp³-hybridized carbons (Fsp3) is 0.429. The van der Waals surface area contributed by atoms with E-state index in [-0.39, 0.29) is 31.6 Å². The Labute approximate surface area is 119 Å². The average Bonchev–Trinajstić information content (AvgIpc) is 2.80. The first-order valence-corrected chi connectivity index (χ1v) is 6.74. The molecule has 2 heterocycles. The third-order valence-electron chi connectivity index (χ3n) is 3.98. The van der Waals surface area contributed by atoms with Gasteiger partial charge in [-0.1, -0.05) is 0 Å². The maximum absolute atomic E-state index is 13.3. The van der Waals surface area contributed by atoms with Crippen molar-refractivity contribution in [2.45, 2.75) is 18.8 Å². The monoisotopic (exact) mass is 295 g/mol. The summed E-state index contributed by atoms with van der Waals surface area (Å²) in [6, 6.07) is 4.79. The summed E-state index contributed by atoms with van der Waals surface area (Å²) in [5, 5.41) is 11.8. The first-order valence-electron chi connectivity index (χ1n) is 6.74. The largest absolute Gasteiger partial charge is 0.369 e. The Kier molecular flexibility index (Phi) is 3.07. The second kappa shape index (κ2) is 4.68. The van der Waals surface area contributed by atoms with Gasteiger partial charge in [0.1, 0.15) is 0 Å².